The Kier molecular flexibility index (Phi) is 3.94. The van der Waals surface area contributed by atoms with Gasteiger partial charge in [-0.1, -0.05) is 6.92 Å². The van der Waals surface area contributed by atoms with Gasteiger partial charge in [0.2, 0.25) is 0 Å². The van der Waals surface area contributed by atoms with Crippen molar-refractivity contribution < 1.29 is 9.13 Å². The molecule has 4 nitrogen and oxygen atoms in total. The number of ether oxygens (including phenoxy) is 1. The maximum absolute atomic E-state index is 13.3. The smallest absolute Gasteiger partial charge is 0.165 e. The molecular weight excluding hydrogens is 233 g/mol. The number of hydrogen-bond donors (Lipinski definition) is 2. The molecule has 2 rings (SSSR count). The van der Waals surface area contributed by atoms with Crippen molar-refractivity contribution in [3.05, 3.63) is 35.9 Å². The molecule has 0 radical (unpaired) electrons. The van der Waals surface area contributed by atoms with Crippen LogP contribution in [0.1, 0.15) is 12.6 Å². The molecule has 0 saturated heterocycles. The monoisotopic (exact) mass is 249 g/mol. The molecule has 1 aromatic carbocycles. The summed E-state index contributed by atoms with van der Waals surface area (Å²) in [5.41, 5.74) is 1.80. The van der Waals surface area contributed by atoms with E-state index in [4.69, 9.17) is 4.74 Å². The Bertz CT molecular complexity index is 525. The molecule has 1 aromatic heterocycles. The normalized spacial score (nSPS) is 10.6. The number of H-pyrrole nitrogens is 1. The van der Waals surface area contributed by atoms with Crippen molar-refractivity contribution in [1.29, 1.82) is 0 Å². The summed E-state index contributed by atoms with van der Waals surface area (Å²) in [6, 6.07) is 4.68. The van der Waals surface area contributed by atoms with Crippen LogP contribution >= 0.6 is 0 Å². The van der Waals surface area contributed by atoms with Gasteiger partial charge in [-0.25, -0.2) is 9.37 Å². The second-order valence-electron chi connectivity index (χ2n) is 3.89. The van der Waals surface area contributed by atoms with Crippen LogP contribution in [0.2, 0.25) is 0 Å². The van der Waals surface area contributed by atoms with E-state index in [0.29, 0.717) is 5.82 Å². The van der Waals surface area contributed by atoms with Crippen molar-refractivity contribution in [2.24, 2.45) is 0 Å². The molecule has 0 aliphatic heterocycles. The number of hydrogen-bond acceptors (Lipinski definition) is 3. The topological polar surface area (TPSA) is 49.9 Å². The van der Waals surface area contributed by atoms with Gasteiger partial charge >= 0.3 is 0 Å². The van der Waals surface area contributed by atoms with Crippen LogP contribution in [-0.2, 0) is 6.54 Å². The Morgan fingerprint density at radius 1 is 1.44 bits per heavy atom. The van der Waals surface area contributed by atoms with Crippen molar-refractivity contribution in [3.8, 4) is 17.1 Å². The van der Waals surface area contributed by atoms with Crippen LogP contribution in [0.5, 0.6) is 5.75 Å². The predicted octanol–water partition coefficient (Wildman–Crippen LogP) is 2.33. The fraction of sp³-hybridized carbons (Fsp3) is 0.308. The van der Waals surface area contributed by atoms with E-state index < -0.39 is 0 Å². The van der Waals surface area contributed by atoms with E-state index in [0.717, 1.165) is 24.3 Å². The first-order valence-corrected chi connectivity index (χ1v) is 5.83. The zero-order valence-corrected chi connectivity index (χ0v) is 10.5. The van der Waals surface area contributed by atoms with E-state index in [1.807, 2.05) is 6.92 Å². The zero-order valence-electron chi connectivity index (χ0n) is 10.5. The minimum Gasteiger partial charge on any atom is -0.494 e. The zero-order chi connectivity index (χ0) is 13.0. The van der Waals surface area contributed by atoms with Gasteiger partial charge in [-0.3, -0.25) is 0 Å². The maximum atomic E-state index is 13.3. The van der Waals surface area contributed by atoms with Crippen molar-refractivity contribution in [1.82, 2.24) is 15.3 Å². The molecule has 0 aliphatic carbocycles. The molecule has 0 bridgehead atoms. The number of rotatable bonds is 5. The van der Waals surface area contributed by atoms with Crippen LogP contribution in [0.4, 0.5) is 4.39 Å². The lowest BCUT2D eigenvalue weighted by Gasteiger charge is -2.03. The van der Waals surface area contributed by atoms with Crippen LogP contribution in [0.15, 0.2) is 24.4 Å². The van der Waals surface area contributed by atoms with Gasteiger partial charge in [-0.2, -0.15) is 0 Å². The third kappa shape index (κ3) is 2.68. The second kappa shape index (κ2) is 5.64. The first kappa shape index (κ1) is 12.6. The lowest BCUT2D eigenvalue weighted by molar-refractivity contribution is 0.387. The fourth-order valence-corrected chi connectivity index (χ4v) is 1.66. The minimum absolute atomic E-state index is 0.220. The largest absolute Gasteiger partial charge is 0.494 e. The van der Waals surface area contributed by atoms with Crippen LogP contribution in [0.25, 0.3) is 11.4 Å². The summed E-state index contributed by atoms with van der Waals surface area (Å²) in [5, 5.41) is 3.21. The van der Waals surface area contributed by atoms with E-state index in [1.54, 1.807) is 18.3 Å². The Hall–Kier alpha value is -1.88. The SMILES string of the molecule is CCNCc1cnc(-c2ccc(F)c(OC)c2)[nH]1. The lowest BCUT2D eigenvalue weighted by Crippen LogP contribution is -2.11. The highest BCUT2D eigenvalue weighted by Crippen LogP contribution is 2.24. The molecule has 18 heavy (non-hydrogen) atoms. The number of methoxy groups -OCH3 is 1. The highest BCUT2D eigenvalue weighted by atomic mass is 19.1. The van der Waals surface area contributed by atoms with E-state index in [2.05, 4.69) is 15.3 Å². The van der Waals surface area contributed by atoms with Crippen molar-refractivity contribution in [2.45, 2.75) is 13.5 Å². The first-order chi connectivity index (χ1) is 8.74. The highest BCUT2D eigenvalue weighted by molar-refractivity contribution is 5.58. The van der Waals surface area contributed by atoms with Crippen molar-refractivity contribution >= 4 is 0 Å². The molecule has 0 unspecified atom stereocenters. The molecule has 0 aliphatic rings. The molecular formula is C13H16FN3O. The Morgan fingerprint density at radius 3 is 3.00 bits per heavy atom. The third-order valence-electron chi connectivity index (χ3n) is 2.62. The summed E-state index contributed by atoms with van der Waals surface area (Å²) in [6.45, 7) is 3.68. The van der Waals surface area contributed by atoms with Gasteiger partial charge in [0.1, 0.15) is 5.82 Å². The Morgan fingerprint density at radius 2 is 2.28 bits per heavy atom. The molecule has 0 spiro atoms. The van der Waals surface area contributed by atoms with Crippen LogP contribution in [0, 0.1) is 5.82 Å². The summed E-state index contributed by atoms with van der Waals surface area (Å²) >= 11 is 0. The lowest BCUT2D eigenvalue weighted by atomic mass is 10.2. The average molecular weight is 249 g/mol. The van der Waals surface area contributed by atoms with Gasteiger partial charge in [-0.15, -0.1) is 0 Å². The Balaban J connectivity index is 2.23. The van der Waals surface area contributed by atoms with Crippen LogP contribution in [0.3, 0.4) is 0 Å². The van der Waals surface area contributed by atoms with Gasteiger partial charge in [0.15, 0.2) is 11.6 Å². The highest BCUT2D eigenvalue weighted by Gasteiger charge is 2.08. The van der Waals surface area contributed by atoms with Gasteiger partial charge in [0.05, 0.1) is 7.11 Å². The van der Waals surface area contributed by atoms with E-state index in [1.165, 1.54) is 13.2 Å². The molecule has 1 heterocycles. The molecule has 96 valence electrons. The number of halogens is 1. The quantitative estimate of drug-likeness (QED) is 0.855. The first-order valence-electron chi connectivity index (χ1n) is 5.83. The van der Waals surface area contributed by atoms with E-state index >= 15 is 0 Å². The van der Waals surface area contributed by atoms with Gasteiger partial charge in [-0.05, 0) is 24.7 Å². The predicted molar refractivity (Wildman–Crippen MR) is 67.9 cm³/mol. The minimum atomic E-state index is -0.374. The number of nitrogens with zero attached hydrogens (tertiary/aromatic N) is 1. The van der Waals surface area contributed by atoms with Crippen LogP contribution in [-0.4, -0.2) is 23.6 Å². The number of aromatic amines is 1. The van der Waals surface area contributed by atoms with E-state index in [9.17, 15) is 4.39 Å². The molecule has 5 heteroatoms. The summed E-state index contributed by atoms with van der Waals surface area (Å²) < 4.78 is 18.2. The standard InChI is InChI=1S/C13H16FN3O/c1-3-15-7-10-8-16-13(17-10)9-4-5-11(14)12(6-9)18-2/h4-6,8,15H,3,7H2,1-2H3,(H,16,17). The van der Waals surface area contributed by atoms with Gasteiger partial charge in [0.25, 0.3) is 0 Å². The Labute approximate surface area is 105 Å². The number of nitrogens with one attached hydrogen (secondary N) is 2. The van der Waals surface area contributed by atoms with E-state index in [-0.39, 0.29) is 11.6 Å². The molecule has 2 N–H and O–H groups in total. The van der Waals surface area contributed by atoms with Crippen molar-refractivity contribution in [3.63, 3.8) is 0 Å². The second-order valence-corrected chi connectivity index (χ2v) is 3.89. The molecule has 0 atom stereocenters. The van der Waals surface area contributed by atoms with Gasteiger partial charge < -0.3 is 15.0 Å². The fourth-order valence-electron chi connectivity index (χ4n) is 1.66. The third-order valence-corrected chi connectivity index (χ3v) is 2.62. The van der Waals surface area contributed by atoms with Crippen molar-refractivity contribution in [2.75, 3.05) is 13.7 Å². The van der Waals surface area contributed by atoms with Gasteiger partial charge in [0, 0.05) is 24.0 Å². The number of benzene rings is 1. The average Bonchev–Trinajstić information content (AvgIpc) is 2.85. The maximum Gasteiger partial charge on any atom is 0.165 e. The molecule has 0 amide bonds. The summed E-state index contributed by atoms with van der Waals surface area (Å²) in [5.74, 6) is 0.555. The molecule has 0 fully saturated rings. The van der Waals surface area contributed by atoms with Crippen LogP contribution < -0.4 is 10.1 Å². The molecule has 0 saturated carbocycles. The number of aromatic nitrogens is 2. The summed E-state index contributed by atoms with van der Waals surface area (Å²) in [6.07, 6.45) is 1.77. The number of imidazole rings is 1. The summed E-state index contributed by atoms with van der Waals surface area (Å²) in [7, 11) is 1.45. The molecule has 2 aromatic rings. The summed E-state index contributed by atoms with van der Waals surface area (Å²) in [4.78, 5) is 7.45.